The number of nitrogens with one attached hydrogen (secondary N) is 2. The normalized spacial score (nSPS) is 11.4. The topological polar surface area (TPSA) is 67.4 Å². The van der Waals surface area contributed by atoms with Gasteiger partial charge in [-0.1, -0.05) is 37.3 Å². The summed E-state index contributed by atoms with van der Waals surface area (Å²) in [5, 5.41) is 5.47. The molecule has 0 aliphatic heterocycles. The van der Waals surface area contributed by atoms with Gasteiger partial charge in [0.25, 0.3) is 5.91 Å². The monoisotopic (exact) mass is 340 g/mol. The molecule has 0 aliphatic carbocycles. The van der Waals surface area contributed by atoms with Gasteiger partial charge in [-0.3, -0.25) is 9.59 Å². The number of anilines is 1. The lowest BCUT2D eigenvalue weighted by molar-refractivity contribution is -0.123. The Kier molecular flexibility index (Phi) is 7.01. The molecular formula is C20H24N2O3. The first-order valence-electron chi connectivity index (χ1n) is 8.44. The van der Waals surface area contributed by atoms with Crippen molar-refractivity contribution in [2.45, 2.75) is 32.3 Å². The van der Waals surface area contributed by atoms with E-state index in [1.165, 1.54) is 0 Å². The SMILES string of the molecule is CCC(Oc1ccccc1)C(=O)Nc1ccc(CCC(=O)NC)cc1. The Morgan fingerprint density at radius 3 is 2.32 bits per heavy atom. The number of rotatable bonds is 8. The molecular weight excluding hydrogens is 316 g/mol. The summed E-state index contributed by atoms with van der Waals surface area (Å²) in [7, 11) is 1.63. The second-order valence-electron chi connectivity index (χ2n) is 5.69. The maximum atomic E-state index is 12.4. The molecule has 1 atom stereocenters. The smallest absolute Gasteiger partial charge is 0.265 e. The van der Waals surface area contributed by atoms with Gasteiger partial charge in [-0.15, -0.1) is 0 Å². The molecule has 0 aromatic heterocycles. The van der Waals surface area contributed by atoms with Crippen molar-refractivity contribution in [2.75, 3.05) is 12.4 Å². The van der Waals surface area contributed by atoms with Crippen LogP contribution in [-0.2, 0) is 16.0 Å². The minimum atomic E-state index is -0.546. The van der Waals surface area contributed by atoms with Crippen LogP contribution in [0.25, 0.3) is 0 Å². The van der Waals surface area contributed by atoms with Crippen molar-refractivity contribution < 1.29 is 14.3 Å². The zero-order valence-electron chi connectivity index (χ0n) is 14.6. The average Bonchev–Trinajstić information content (AvgIpc) is 2.66. The minimum Gasteiger partial charge on any atom is -0.481 e. The number of hydrogen-bond donors (Lipinski definition) is 2. The van der Waals surface area contributed by atoms with Gasteiger partial charge in [-0.2, -0.15) is 0 Å². The quantitative estimate of drug-likeness (QED) is 0.776. The van der Waals surface area contributed by atoms with Crippen LogP contribution < -0.4 is 15.4 Å². The standard InChI is InChI=1S/C20H24N2O3/c1-3-18(25-17-7-5-4-6-8-17)20(24)22-16-12-9-15(10-13-16)11-14-19(23)21-2/h4-10,12-13,18H,3,11,14H2,1-2H3,(H,21,23)(H,22,24). The van der Waals surface area contributed by atoms with E-state index in [1.807, 2.05) is 61.5 Å². The molecule has 0 radical (unpaired) electrons. The van der Waals surface area contributed by atoms with Gasteiger partial charge in [-0.25, -0.2) is 0 Å². The number of para-hydroxylation sites is 1. The highest BCUT2D eigenvalue weighted by Gasteiger charge is 2.18. The summed E-state index contributed by atoms with van der Waals surface area (Å²) in [6.07, 6.45) is 1.15. The van der Waals surface area contributed by atoms with Crippen LogP contribution in [-0.4, -0.2) is 25.0 Å². The number of amides is 2. The molecule has 5 nitrogen and oxygen atoms in total. The molecule has 0 spiro atoms. The lowest BCUT2D eigenvalue weighted by Crippen LogP contribution is -2.32. The van der Waals surface area contributed by atoms with Crippen LogP contribution in [0.3, 0.4) is 0 Å². The van der Waals surface area contributed by atoms with Crippen LogP contribution >= 0.6 is 0 Å². The predicted octanol–water partition coefficient (Wildman–Crippen LogP) is 3.16. The van der Waals surface area contributed by atoms with Crippen molar-refractivity contribution in [2.24, 2.45) is 0 Å². The van der Waals surface area contributed by atoms with E-state index in [-0.39, 0.29) is 11.8 Å². The molecule has 132 valence electrons. The molecule has 0 heterocycles. The number of carbonyl (C=O) groups is 2. The van der Waals surface area contributed by atoms with Crippen molar-refractivity contribution in [1.82, 2.24) is 5.32 Å². The van der Waals surface area contributed by atoms with E-state index in [1.54, 1.807) is 7.05 Å². The number of hydrogen-bond acceptors (Lipinski definition) is 3. The molecule has 2 aromatic rings. The Balaban J connectivity index is 1.91. The Hall–Kier alpha value is -2.82. The van der Waals surface area contributed by atoms with E-state index in [4.69, 9.17) is 4.74 Å². The molecule has 1 unspecified atom stereocenters. The Morgan fingerprint density at radius 2 is 1.72 bits per heavy atom. The van der Waals surface area contributed by atoms with Gasteiger partial charge in [-0.05, 0) is 42.7 Å². The first-order valence-corrected chi connectivity index (χ1v) is 8.44. The van der Waals surface area contributed by atoms with Crippen molar-refractivity contribution >= 4 is 17.5 Å². The van der Waals surface area contributed by atoms with Gasteiger partial charge in [0.05, 0.1) is 0 Å². The average molecular weight is 340 g/mol. The molecule has 2 N–H and O–H groups in total. The van der Waals surface area contributed by atoms with Gasteiger partial charge >= 0.3 is 0 Å². The molecule has 0 saturated heterocycles. The van der Waals surface area contributed by atoms with Crippen molar-refractivity contribution in [3.8, 4) is 5.75 Å². The van der Waals surface area contributed by atoms with E-state index in [2.05, 4.69) is 10.6 Å². The fraction of sp³-hybridized carbons (Fsp3) is 0.300. The summed E-state index contributed by atoms with van der Waals surface area (Å²) in [5.41, 5.74) is 1.76. The van der Waals surface area contributed by atoms with Gasteiger partial charge in [0.1, 0.15) is 5.75 Å². The molecule has 2 aromatic carbocycles. The molecule has 2 rings (SSSR count). The summed E-state index contributed by atoms with van der Waals surface area (Å²) >= 11 is 0. The fourth-order valence-electron chi connectivity index (χ4n) is 2.35. The summed E-state index contributed by atoms with van der Waals surface area (Å²) in [4.78, 5) is 23.7. The van der Waals surface area contributed by atoms with Crippen LogP contribution in [0, 0.1) is 0 Å². The first-order chi connectivity index (χ1) is 12.1. The summed E-state index contributed by atoms with van der Waals surface area (Å²) in [6.45, 7) is 1.91. The van der Waals surface area contributed by atoms with Crippen LogP contribution in [0.1, 0.15) is 25.3 Å². The van der Waals surface area contributed by atoms with Crippen LogP contribution in [0.15, 0.2) is 54.6 Å². The second kappa shape index (κ2) is 9.47. The number of aryl methyl sites for hydroxylation is 1. The summed E-state index contributed by atoms with van der Waals surface area (Å²) < 4.78 is 5.74. The van der Waals surface area contributed by atoms with Gasteiger partial charge in [0, 0.05) is 19.2 Å². The lowest BCUT2D eigenvalue weighted by Gasteiger charge is -2.17. The first kappa shape index (κ1) is 18.5. The Labute approximate surface area is 148 Å². The van der Waals surface area contributed by atoms with E-state index in [0.29, 0.717) is 30.7 Å². The maximum Gasteiger partial charge on any atom is 0.265 e. The molecule has 25 heavy (non-hydrogen) atoms. The molecule has 0 bridgehead atoms. The third kappa shape index (κ3) is 5.95. The predicted molar refractivity (Wildman–Crippen MR) is 98.6 cm³/mol. The molecule has 5 heteroatoms. The van der Waals surface area contributed by atoms with Crippen molar-refractivity contribution in [1.29, 1.82) is 0 Å². The molecule has 2 amide bonds. The zero-order chi connectivity index (χ0) is 18.1. The largest absolute Gasteiger partial charge is 0.481 e. The number of ether oxygens (including phenoxy) is 1. The fourth-order valence-corrected chi connectivity index (χ4v) is 2.35. The lowest BCUT2D eigenvalue weighted by atomic mass is 10.1. The van der Waals surface area contributed by atoms with Gasteiger partial charge in [0.2, 0.25) is 5.91 Å². The molecule has 0 fully saturated rings. The van der Waals surface area contributed by atoms with E-state index >= 15 is 0 Å². The zero-order valence-corrected chi connectivity index (χ0v) is 14.6. The van der Waals surface area contributed by atoms with Gasteiger partial charge in [0.15, 0.2) is 6.10 Å². The highest BCUT2D eigenvalue weighted by atomic mass is 16.5. The minimum absolute atomic E-state index is 0.0150. The van der Waals surface area contributed by atoms with Crippen LogP contribution in [0.5, 0.6) is 5.75 Å². The van der Waals surface area contributed by atoms with Gasteiger partial charge < -0.3 is 15.4 Å². The third-order valence-electron chi connectivity index (χ3n) is 3.83. The number of benzene rings is 2. The van der Waals surface area contributed by atoms with Crippen molar-refractivity contribution in [3.05, 3.63) is 60.2 Å². The van der Waals surface area contributed by atoms with E-state index in [0.717, 1.165) is 5.56 Å². The number of carbonyl (C=O) groups excluding carboxylic acids is 2. The summed E-state index contributed by atoms with van der Waals surface area (Å²) in [5.74, 6) is 0.514. The van der Waals surface area contributed by atoms with Crippen LogP contribution in [0.4, 0.5) is 5.69 Å². The second-order valence-corrected chi connectivity index (χ2v) is 5.69. The highest BCUT2D eigenvalue weighted by Crippen LogP contribution is 2.15. The molecule has 0 aliphatic rings. The third-order valence-corrected chi connectivity index (χ3v) is 3.83. The van der Waals surface area contributed by atoms with E-state index < -0.39 is 6.10 Å². The Bertz CT molecular complexity index is 684. The van der Waals surface area contributed by atoms with E-state index in [9.17, 15) is 9.59 Å². The van der Waals surface area contributed by atoms with Crippen LogP contribution in [0.2, 0.25) is 0 Å². The maximum absolute atomic E-state index is 12.4. The van der Waals surface area contributed by atoms with Crippen molar-refractivity contribution in [3.63, 3.8) is 0 Å². The summed E-state index contributed by atoms with van der Waals surface area (Å²) in [6, 6.07) is 16.8. The Morgan fingerprint density at radius 1 is 1.04 bits per heavy atom. The highest BCUT2D eigenvalue weighted by molar-refractivity contribution is 5.94. The molecule has 0 saturated carbocycles.